The van der Waals surface area contributed by atoms with Gasteiger partial charge < -0.3 is 9.64 Å². The molecule has 39 heavy (non-hydrogen) atoms. The van der Waals surface area contributed by atoms with Gasteiger partial charge in [-0.1, -0.05) is 34.6 Å². The molecule has 1 aliphatic heterocycles. The third kappa shape index (κ3) is 6.49. The van der Waals surface area contributed by atoms with E-state index in [2.05, 4.69) is 20.2 Å². The first kappa shape index (κ1) is 26.5. The molecule has 1 amide bonds. The lowest BCUT2D eigenvalue weighted by Gasteiger charge is -2.36. The van der Waals surface area contributed by atoms with Gasteiger partial charge in [-0.05, 0) is 80.3 Å². The lowest BCUT2D eigenvalue weighted by atomic mass is 9.96. The van der Waals surface area contributed by atoms with Crippen molar-refractivity contribution in [3.63, 3.8) is 0 Å². The molecule has 9 heteroatoms. The van der Waals surface area contributed by atoms with Crippen LogP contribution in [0.5, 0.6) is 5.75 Å². The predicted molar refractivity (Wildman–Crippen MR) is 144 cm³/mol. The number of aryl methyl sites for hydroxylation is 1. The van der Waals surface area contributed by atoms with Crippen LogP contribution in [0.15, 0.2) is 71.6 Å². The Kier molecular flexibility index (Phi) is 8.27. The summed E-state index contributed by atoms with van der Waals surface area (Å²) in [6, 6.07) is 16.2. The van der Waals surface area contributed by atoms with Gasteiger partial charge in [0, 0.05) is 37.6 Å². The molecule has 1 unspecified atom stereocenters. The SMILES string of the molecule is Cc1nonc1CN(C)Cc1cc(-c2ccc(F)cc2)ccc1OCC(=O)N1CCCCC1c1cccnc1. The molecule has 3 heterocycles. The van der Waals surface area contributed by atoms with Crippen LogP contribution in [0.1, 0.15) is 47.8 Å². The van der Waals surface area contributed by atoms with Gasteiger partial charge in [0.05, 0.1) is 6.04 Å². The van der Waals surface area contributed by atoms with E-state index in [1.165, 1.54) is 12.1 Å². The van der Waals surface area contributed by atoms with Gasteiger partial charge in [0.1, 0.15) is 23.0 Å². The van der Waals surface area contributed by atoms with E-state index in [1.54, 1.807) is 18.3 Å². The van der Waals surface area contributed by atoms with Crippen molar-refractivity contribution in [1.82, 2.24) is 25.1 Å². The third-order valence-electron chi connectivity index (χ3n) is 7.09. The van der Waals surface area contributed by atoms with Crippen molar-refractivity contribution in [2.24, 2.45) is 0 Å². The van der Waals surface area contributed by atoms with Crippen molar-refractivity contribution in [3.8, 4) is 16.9 Å². The maximum Gasteiger partial charge on any atom is 0.261 e. The number of likely N-dealkylation sites (tertiary alicyclic amines) is 1. The Morgan fingerprint density at radius 1 is 1.10 bits per heavy atom. The molecule has 4 aromatic rings. The molecule has 0 aliphatic carbocycles. The summed E-state index contributed by atoms with van der Waals surface area (Å²) < 4.78 is 24.5. The van der Waals surface area contributed by atoms with Crippen LogP contribution in [0.25, 0.3) is 11.1 Å². The molecule has 0 radical (unpaired) electrons. The lowest BCUT2D eigenvalue weighted by molar-refractivity contribution is -0.137. The van der Waals surface area contributed by atoms with E-state index in [0.717, 1.165) is 52.9 Å². The topological polar surface area (TPSA) is 84.6 Å². The maximum absolute atomic E-state index is 13.5. The Labute approximate surface area is 227 Å². The standard InChI is InChI=1S/C30H32FN5O3/c1-21-27(34-39-33-21)19-35(2)18-25-16-23(22-8-11-26(31)12-9-22)10-13-29(25)38-20-30(37)36-15-4-3-7-28(36)24-6-5-14-32-17-24/h5-6,8-14,16-17,28H,3-4,7,15,18-20H2,1-2H3. The maximum atomic E-state index is 13.5. The number of hydrogen-bond acceptors (Lipinski definition) is 7. The molecule has 8 nitrogen and oxygen atoms in total. The summed E-state index contributed by atoms with van der Waals surface area (Å²) in [6.45, 7) is 3.57. The zero-order chi connectivity index (χ0) is 27.2. The summed E-state index contributed by atoms with van der Waals surface area (Å²) in [5.74, 6) is 0.303. The number of ether oxygens (including phenoxy) is 1. The van der Waals surface area contributed by atoms with Crippen LogP contribution in [0.4, 0.5) is 4.39 Å². The number of hydrogen-bond donors (Lipinski definition) is 0. The fourth-order valence-electron chi connectivity index (χ4n) is 5.03. The van der Waals surface area contributed by atoms with Gasteiger partial charge >= 0.3 is 0 Å². The van der Waals surface area contributed by atoms with E-state index in [9.17, 15) is 9.18 Å². The lowest BCUT2D eigenvalue weighted by Crippen LogP contribution is -2.41. The molecule has 1 aliphatic rings. The summed E-state index contributed by atoms with van der Waals surface area (Å²) in [5.41, 5.74) is 5.29. The predicted octanol–water partition coefficient (Wildman–Crippen LogP) is 5.34. The molecular weight excluding hydrogens is 497 g/mol. The van der Waals surface area contributed by atoms with E-state index in [1.807, 2.05) is 55.4 Å². The van der Waals surface area contributed by atoms with E-state index in [-0.39, 0.29) is 24.4 Å². The second-order valence-corrected chi connectivity index (χ2v) is 9.97. The fourth-order valence-corrected chi connectivity index (χ4v) is 5.03. The second kappa shape index (κ2) is 12.2. The highest BCUT2D eigenvalue weighted by Crippen LogP contribution is 2.32. The van der Waals surface area contributed by atoms with Crippen molar-refractivity contribution >= 4 is 5.91 Å². The Morgan fingerprint density at radius 3 is 2.67 bits per heavy atom. The summed E-state index contributed by atoms with van der Waals surface area (Å²) in [7, 11) is 1.97. The molecule has 0 N–H and O–H groups in total. The number of nitrogens with zero attached hydrogens (tertiary/aromatic N) is 5. The number of amides is 1. The van der Waals surface area contributed by atoms with Crippen LogP contribution in [-0.2, 0) is 17.9 Å². The first-order valence-corrected chi connectivity index (χ1v) is 13.2. The summed E-state index contributed by atoms with van der Waals surface area (Å²) >= 11 is 0. The first-order chi connectivity index (χ1) is 19.0. The summed E-state index contributed by atoms with van der Waals surface area (Å²) in [6.07, 6.45) is 6.55. The largest absolute Gasteiger partial charge is 0.483 e. The van der Waals surface area contributed by atoms with Crippen LogP contribution >= 0.6 is 0 Å². The normalized spacial score (nSPS) is 15.5. The van der Waals surface area contributed by atoms with E-state index in [0.29, 0.717) is 25.4 Å². The average molecular weight is 530 g/mol. The number of halogens is 1. The van der Waals surface area contributed by atoms with Crippen LogP contribution in [0, 0.1) is 12.7 Å². The van der Waals surface area contributed by atoms with Crippen molar-refractivity contribution in [3.05, 3.63) is 95.3 Å². The van der Waals surface area contributed by atoms with E-state index >= 15 is 0 Å². The average Bonchev–Trinajstić information content (AvgIpc) is 3.36. The van der Waals surface area contributed by atoms with Gasteiger partial charge in [0.2, 0.25) is 0 Å². The number of pyridine rings is 1. The van der Waals surface area contributed by atoms with Gasteiger partial charge in [-0.3, -0.25) is 14.7 Å². The van der Waals surface area contributed by atoms with Gasteiger partial charge in [0.15, 0.2) is 6.61 Å². The molecule has 202 valence electrons. The fraction of sp³-hybridized carbons (Fsp3) is 0.333. The number of aromatic nitrogens is 3. The number of carbonyl (C=O) groups excluding carboxylic acids is 1. The number of benzene rings is 2. The minimum atomic E-state index is -0.281. The minimum absolute atomic E-state index is 0.00863. The molecule has 1 fully saturated rings. The number of carbonyl (C=O) groups is 1. The Morgan fingerprint density at radius 2 is 1.92 bits per heavy atom. The minimum Gasteiger partial charge on any atom is -0.483 e. The second-order valence-electron chi connectivity index (χ2n) is 9.97. The van der Waals surface area contributed by atoms with Crippen LogP contribution in [0.2, 0.25) is 0 Å². The van der Waals surface area contributed by atoms with E-state index in [4.69, 9.17) is 9.37 Å². The van der Waals surface area contributed by atoms with Crippen molar-refractivity contribution < 1.29 is 18.6 Å². The molecule has 1 saturated heterocycles. The summed E-state index contributed by atoms with van der Waals surface area (Å²) in [5, 5.41) is 7.85. The van der Waals surface area contributed by atoms with Crippen molar-refractivity contribution in [2.75, 3.05) is 20.2 Å². The first-order valence-electron chi connectivity index (χ1n) is 13.2. The van der Waals surface area contributed by atoms with Gasteiger partial charge in [-0.25, -0.2) is 9.02 Å². The molecule has 1 atom stereocenters. The summed E-state index contributed by atoms with van der Waals surface area (Å²) in [4.78, 5) is 21.6. The van der Waals surface area contributed by atoms with Gasteiger partial charge in [0.25, 0.3) is 5.91 Å². The zero-order valence-electron chi connectivity index (χ0n) is 22.2. The molecule has 0 bridgehead atoms. The molecular formula is C30H32FN5O3. The van der Waals surface area contributed by atoms with Gasteiger partial charge in [-0.2, -0.15) is 0 Å². The Hall–Kier alpha value is -4.11. The molecule has 0 spiro atoms. The molecule has 5 rings (SSSR count). The smallest absolute Gasteiger partial charge is 0.261 e. The van der Waals surface area contributed by atoms with Gasteiger partial charge in [-0.15, -0.1) is 0 Å². The highest BCUT2D eigenvalue weighted by Gasteiger charge is 2.28. The zero-order valence-corrected chi connectivity index (χ0v) is 22.2. The van der Waals surface area contributed by atoms with Crippen molar-refractivity contribution in [2.45, 2.75) is 45.3 Å². The molecule has 0 saturated carbocycles. The third-order valence-corrected chi connectivity index (χ3v) is 7.09. The molecule has 2 aromatic heterocycles. The number of piperidine rings is 1. The monoisotopic (exact) mass is 529 g/mol. The highest BCUT2D eigenvalue weighted by molar-refractivity contribution is 5.78. The van der Waals surface area contributed by atoms with Crippen LogP contribution < -0.4 is 4.74 Å². The van der Waals surface area contributed by atoms with Crippen molar-refractivity contribution in [1.29, 1.82) is 0 Å². The number of rotatable bonds is 9. The van der Waals surface area contributed by atoms with Crippen LogP contribution in [-0.4, -0.2) is 51.2 Å². The highest BCUT2D eigenvalue weighted by atomic mass is 19.1. The Bertz CT molecular complexity index is 1390. The quantitative estimate of drug-likeness (QED) is 0.289. The van der Waals surface area contributed by atoms with Crippen LogP contribution in [0.3, 0.4) is 0 Å². The molecule has 2 aromatic carbocycles. The van der Waals surface area contributed by atoms with E-state index < -0.39 is 0 Å². The Balaban J connectivity index is 1.35.